The lowest BCUT2D eigenvalue weighted by Crippen LogP contribution is -2.38. The average Bonchev–Trinajstić information content (AvgIpc) is 3.39. The van der Waals surface area contributed by atoms with E-state index in [0.29, 0.717) is 30.8 Å². The zero-order valence-electron chi connectivity index (χ0n) is 20.5. The molecule has 2 heterocycles. The second kappa shape index (κ2) is 10.8. The van der Waals surface area contributed by atoms with Gasteiger partial charge in [-0.25, -0.2) is 0 Å². The molecule has 1 atom stereocenters. The number of phenols is 1. The molecule has 0 bridgehead atoms. The number of ether oxygens (including phenoxy) is 1. The van der Waals surface area contributed by atoms with Crippen molar-refractivity contribution in [1.82, 2.24) is 9.80 Å². The van der Waals surface area contributed by atoms with Crippen LogP contribution in [0.2, 0.25) is 0 Å². The summed E-state index contributed by atoms with van der Waals surface area (Å²) in [7, 11) is 0. The molecule has 0 fully saturated rings. The third-order valence-corrected chi connectivity index (χ3v) is 6.89. The SMILES string of the molecule is CCOc1cc(C2C(C(=O)c3cc4cc(Br)ccc4o3)=C(O)C(=O)N2CCN(CC)CC)ccc1O. The van der Waals surface area contributed by atoms with E-state index in [4.69, 9.17) is 9.15 Å². The maximum absolute atomic E-state index is 13.7. The third kappa shape index (κ3) is 4.85. The number of benzene rings is 2. The summed E-state index contributed by atoms with van der Waals surface area (Å²) >= 11 is 3.41. The minimum Gasteiger partial charge on any atom is -0.504 e. The lowest BCUT2D eigenvalue weighted by atomic mass is 9.94. The van der Waals surface area contributed by atoms with Crippen molar-refractivity contribution in [3.63, 3.8) is 0 Å². The number of aromatic hydroxyl groups is 1. The van der Waals surface area contributed by atoms with Crippen LogP contribution in [0.4, 0.5) is 0 Å². The summed E-state index contributed by atoms with van der Waals surface area (Å²) in [6.45, 7) is 8.66. The number of rotatable bonds is 10. The van der Waals surface area contributed by atoms with Gasteiger partial charge in [0.15, 0.2) is 23.0 Å². The highest BCUT2D eigenvalue weighted by molar-refractivity contribution is 9.10. The number of phenolic OH excluding ortho intramolecular Hbond substituents is 1. The maximum atomic E-state index is 13.7. The number of ketones is 1. The highest BCUT2D eigenvalue weighted by Gasteiger charge is 2.44. The second-order valence-electron chi connectivity index (χ2n) is 8.47. The van der Waals surface area contributed by atoms with E-state index in [9.17, 15) is 19.8 Å². The monoisotopic (exact) mass is 556 g/mol. The maximum Gasteiger partial charge on any atom is 0.290 e. The van der Waals surface area contributed by atoms with Gasteiger partial charge in [-0.3, -0.25) is 9.59 Å². The summed E-state index contributed by atoms with van der Waals surface area (Å²) in [6, 6.07) is 10.8. The Labute approximate surface area is 217 Å². The molecule has 1 aliphatic rings. The van der Waals surface area contributed by atoms with Crippen LogP contribution in [0.1, 0.15) is 42.9 Å². The smallest absolute Gasteiger partial charge is 0.290 e. The molecule has 2 N–H and O–H groups in total. The minimum atomic E-state index is -0.875. The Balaban J connectivity index is 1.79. The van der Waals surface area contributed by atoms with Gasteiger partial charge in [0.2, 0.25) is 5.78 Å². The van der Waals surface area contributed by atoms with E-state index in [1.54, 1.807) is 37.3 Å². The lowest BCUT2D eigenvalue weighted by Gasteiger charge is -2.29. The van der Waals surface area contributed by atoms with Gasteiger partial charge in [-0.1, -0.05) is 35.8 Å². The summed E-state index contributed by atoms with van der Waals surface area (Å²) in [5, 5.41) is 21.9. The Morgan fingerprint density at radius 3 is 2.56 bits per heavy atom. The predicted octanol–water partition coefficient (Wildman–Crippen LogP) is 5.22. The summed E-state index contributed by atoms with van der Waals surface area (Å²) in [6.07, 6.45) is 0. The average molecular weight is 557 g/mol. The van der Waals surface area contributed by atoms with Crippen molar-refractivity contribution in [3.05, 3.63) is 69.6 Å². The van der Waals surface area contributed by atoms with Crippen molar-refractivity contribution in [3.8, 4) is 11.5 Å². The van der Waals surface area contributed by atoms with Crippen LogP contribution in [0.3, 0.4) is 0 Å². The molecular weight excluding hydrogens is 528 g/mol. The predicted molar refractivity (Wildman–Crippen MR) is 139 cm³/mol. The highest BCUT2D eigenvalue weighted by Crippen LogP contribution is 2.42. The first-order valence-electron chi connectivity index (χ1n) is 11.9. The van der Waals surface area contributed by atoms with Gasteiger partial charge in [0, 0.05) is 22.9 Å². The van der Waals surface area contributed by atoms with Crippen LogP contribution in [0, 0.1) is 0 Å². The van der Waals surface area contributed by atoms with Crippen molar-refractivity contribution >= 4 is 38.6 Å². The van der Waals surface area contributed by atoms with Crippen molar-refractivity contribution < 1.29 is 29.0 Å². The molecule has 0 aliphatic carbocycles. The molecule has 1 unspecified atom stereocenters. The van der Waals surface area contributed by atoms with Crippen LogP contribution in [-0.2, 0) is 4.79 Å². The molecule has 0 spiro atoms. The van der Waals surface area contributed by atoms with E-state index >= 15 is 0 Å². The van der Waals surface area contributed by atoms with E-state index in [-0.39, 0.29) is 22.8 Å². The first-order valence-corrected chi connectivity index (χ1v) is 12.7. The molecule has 8 nitrogen and oxygen atoms in total. The van der Waals surface area contributed by atoms with Crippen LogP contribution in [0.5, 0.6) is 11.5 Å². The summed E-state index contributed by atoms with van der Waals surface area (Å²) in [5.41, 5.74) is 0.991. The largest absolute Gasteiger partial charge is 0.504 e. The number of amides is 1. The van der Waals surface area contributed by atoms with Gasteiger partial charge in [-0.05, 0) is 62.0 Å². The topological polar surface area (TPSA) is 103 Å². The Bertz CT molecular complexity index is 1330. The van der Waals surface area contributed by atoms with Crippen LogP contribution in [0.15, 0.2) is 62.7 Å². The van der Waals surface area contributed by atoms with E-state index in [1.807, 2.05) is 19.9 Å². The van der Waals surface area contributed by atoms with Crippen LogP contribution in [-0.4, -0.2) is 64.5 Å². The minimum absolute atomic E-state index is 0.0249. The molecule has 0 saturated heterocycles. The van der Waals surface area contributed by atoms with Crippen molar-refractivity contribution in [1.29, 1.82) is 0 Å². The molecule has 1 aromatic heterocycles. The van der Waals surface area contributed by atoms with Crippen LogP contribution in [0.25, 0.3) is 11.0 Å². The molecule has 1 amide bonds. The Hall–Kier alpha value is -3.30. The zero-order chi connectivity index (χ0) is 26.0. The second-order valence-corrected chi connectivity index (χ2v) is 9.39. The third-order valence-electron chi connectivity index (χ3n) is 6.40. The molecule has 190 valence electrons. The number of furan rings is 1. The van der Waals surface area contributed by atoms with E-state index < -0.39 is 23.5 Å². The molecule has 0 saturated carbocycles. The summed E-state index contributed by atoms with van der Waals surface area (Å²) < 4.78 is 12.2. The number of fused-ring (bicyclic) bond motifs is 1. The molecule has 1 aliphatic heterocycles. The molecule has 2 aromatic carbocycles. The fourth-order valence-corrected chi connectivity index (χ4v) is 4.86. The Morgan fingerprint density at radius 1 is 1.11 bits per heavy atom. The van der Waals surface area contributed by atoms with Crippen LogP contribution < -0.4 is 4.74 Å². The van der Waals surface area contributed by atoms with E-state index in [0.717, 1.165) is 22.9 Å². The summed E-state index contributed by atoms with van der Waals surface area (Å²) in [5.74, 6) is -1.59. The van der Waals surface area contributed by atoms with Gasteiger partial charge in [0.1, 0.15) is 5.58 Å². The fourth-order valence-electron chi connectivity index (χ4n) is 4.48. The first kappa shape index (κ1) is 25.8. The van der Waals surface area contributed by atoms with E-state index in [1.165, 1.54) is 11.0 Å². The number of halogens is 1. The quantitative estimate of drug-likeness (QED) is 0.330. The summed E-state index contributed by atoms with van der Waals surface area (Å²) in [4.78, 5) is 30.6. The fraction of sp³-hybridized carbons (Fsp3) is 0.333. The number of Topliss-reactive ketones (excluding diaryl/α,β-unsaturated/α-hetero) is 1. The van der Waals surface area contributed by atoms with Crippen molar-refractivity contribution in [2.75, 3.05) is 32.8 Å². The molecule has 9 heteroatoms. The zero-order valence-corrected chi connectivity index (χ0v) is 22.0. The number of carbonyl (C=O) groups excluding carboxylic acids is 2. The number of carbonyl (C=O) groups is 2. The van der Waals surface area contributed by atoms with Crippen molar-refractivity contribution in [2.24, 2.45) is 0 Å². The van der Waals surface area contributed by atoms with Gasteiger partial charge in [0.25, 0.3) is 5.91 Å². The number of hydrogen-bond acceptors (Lipinski definition) is 7. The van der Waals surface area contributed by atoms with Gasteiger partial charge >= 0.3 is 0 Å². The van der Waals surface area contributed by atoms with Gasteiger partial charge in [0.05, 0.1) is 18.2 Å². The standard InChI is InChI=1S/C27H29BrN2O6/c1-4-29(5-2)11-12-30-24(16-7-9-19(31)21(14-16)35-6-3)23(26(33)27(30)34)25(32)22-15-17-13-18(28)8-10-20(17)36-22/h7-10,13-15,24,31,33H,4-6,11-12H2,1-3H3. The van der Waals surface area contributed by atoms with Crippen LogP contribution >= 0.6 is 15.9 Å². The van der Waals surface area contributed by atoms with Gasteiger partial charge in [-0.2, -0.15) is 0 Å². The first-order chi connectivity index (χ1) is 17.3. The number of hydrogen-bond donors (Lipinski definition) is 2. The molecule has 0 radical (unpaired) electrons. The Kier molecular flexibility index (Phi) is 7.70. The molecular formula is C27H29BrN2O6. The number of likely N-dealkylation sites (N-methyl/N-ethyl adjacent to an activating group) is 1. The van der Waals surface area contributed by atoms with Crippen molar-refractivity contribution in [2.45, 2.75) is 26.8 Å². The molecule has 36 heavy (non-hydrogen) atoms. The number of nitrogens with zero attached hydrogens (tertiary/aromatic N) is 2. The van der Waals surface area contributed by atoms with Gasteiger partial charge in [-0.15, -0.1) is 0 Å². The number of aliphatic hydroxyl groups is 1. The van der Waals surface area contributed by atoms with Gasteiger partial charge < -0.3 is 29.2 Å². The highest BCUT2D eigenvalue weighted by atomic mass is 79.9. The van der Waals surface area contributed by atoms with E-state index in [2.05, 4.69) is 20.8 Å². The molecule has 3 aromatic rings. The Morgan fingerprint density at radius 2 is 1.86 bits per heavy atom. The molecule has 4 rings (SSSR count). The lowest BCUT2D eigenvalue weighted by molar-refractivity contribution is -0.129. The normalized spacial score (nSPS) is 16.0. The number of aliphatic hydroxyl groups excluding tert-OH is 1.